The predicted molar refractivity (Wildman–Crippen MR) is 78.8 cm³/mol. The van der Waals surface area contributed by atoms with Crippen LogP contribution in [-0.4, -0.2) is 18.1 Å². The Labute approximate surface area is 121 Å². The number of para-hydroxylation sites is 2. The van der Waals surface area contributed by atoms with E-state index in [1.54, 1.807) is 0 Å². The monoisotopic (exact) mass is 282 g/mol. The molecular formula is C16H14N2O3. The topological polar surface area (TPSA) is 64.4 Å². The maximum Gasteiger partial charge on any atom is 0.333 e. The van der Waals surface area contributed by atoms with E-state index in [-0.39, 0.29) is 6.01 Å². The molecule has 0 aliphatic heterocycles. The maximum atomic E-state index is 12.0. The lowest BCUT2D eigenvalue weighted by Crippen LogP contribution is -2.22. The molecule has 2 aromatic carbocycles. The molecular weight excluding hydrogens is 268 g/mol. The maximum absolute atomic E-state index is 12.0. The summed E-state index contributed by atoms with van der Waals surface area (Å²) in [7, 11) is 1.35. The van der Waals surface area contributed by atoms with Gasteiger partial charge in [0.25, 0.3) is 6.01 Å². The summed E-state index contributed by atoms with van der Waals surface area (Å²) in [6, 6.07) is 16.3. The molecule has 0 saturated heterocycles. The molecule has 1 atom stereocenters. The van der Waals surface area contributed by atoms with Gasteiger partial charge < -0.3 is 14.5 Å². The van der Waals surface area contributed by atoms with Crippen LogP contribution in [0.5, 0.6) is 0 Å². The van der Waals surface area contributed by atoms with Gasteiger partial charge in [-0.1, -0.05) is 42.5 Å². The molecule has 1 aromatic heterocycles. The molecule has 0 saturated carbocycles. The van der Waals surface area contributed by atoms with Crippen LogP contribution >= 0.6 is 0 Å². The number of esters is 1. The van der Waals surface area contributed by atoms with Gasteiger partial charge in [0.15, 0.2) is 11.6 Å². The Balaban J connectivity index is 1.92. The molecule has 0 aliphatic carbocycles. The van der Waals surface area contributed by atoms with Crippen LogP contribution in [0.25, 0.3) is 11.1 Å². The van der Waals surface area contributed by atoms with Gasteiger partial charge in [0.1, 0.15) is 5.52 Å². The van der Waals surface area contributed by atoms with E-state index in [2.05, 4.69) is 10.3 Å². The van der Waals surface area contributed by atoms with Gasteiger partial charge in [-0.15, -0.1) is 0 Å². The SMILES string of the molecule is COC(=O)C(Nc1nc2ccccc2o1)c1ccccc1. The number of aromatic nitrogens is 1. The molecule has 106 valence electrons. The molecule has 5 nitrogen and oxygen atoms in total. The number of nitrogens with one attached hydrogen (secondary N) is 1. The summed E-state index contributed by atoms with van der Waals surface area (Å²) in [5, 5.41) is 2.98. The van der Waals surface area contributed by atoms with E-state index in [4.69, 9.17) is 9.15 Å². The van der Waals surface area contributed by atoms with E-state index in [0.717, 1.165) is 11.1 Å². The van der Waals surface area contributed by atoms with E-state index in [1.807, 2.05) is 54.6 Å². The lowest BCUT2D eigenvalue weighted by molar-refractivity contribution is -0.141. The zero-order valence-electron chi connectivity index (χ0n) is 11.4. The van der Waals surface area contributed by atoms with E-state index in [0.29, 0.717) is 5.58 Å². The van der Waals surface area contributed by atoms with Crippen LogP contribution in [0.4, 0.5) is 6.01 Å². The van der Waals surface area contributed by atoms with Gasteiger partial charge in [0.05, 0.1) is 7.11 Å². The first kappa shape index (κ1) is 13.2. The second-order valence-electron chi connectivity index (χ2n) is 4.50. The minimum atomic E-state index is -0.663. The molecule has 0 radical (unpaired) electrons. The fourth-order valence-electron chi connectivity index (χ4n) is 2.10. The molecule has 3 rings (SSSR count). The van der Waals surface area contributed by atoms with Gasteiger partial charge in [-0.25, -0.2) is 4.79 Å². The summed E-state index contributed by atoms with van der Waals surface area (Å²) in [4.78, 5) is 16.3. The first-order valence-electron chi connectivity index (χ1n) is 6.53. The highest BCUT2D eigenvalue weighted by atomic mass is 16.5. The second-order valence-corrected chi connectivity index (χ2v) is 4.50. The number of hydrogen-bond donors (Lipinski definition) is 1. The fourth-order valence-corrected chi connectivity index (χ4v) is 2.10. The van der Waals surface area contributed by atoms with Crippen molar-refractivity contribution in [3.8, 4) is 0 Å². The molecule has 5 heteroatoms. The molecule has 1 heterocycles. The lowest BCUT2D eigenvalue weighted by atomic mass is 10.1. The van der Waals surface area contributed by atoms with Crippen molar-refractivity contribution in [3.05, 3.63) is 60.2 Å². The quantitative estimate of drug-likeness (QED) is 0.745. The van der Waals surface area contributed by atoms with Crippen LogP contribution in [0.2, 0.25) is 0 Å². The van der Waals surface area contributed by atoms with Crippen LogP contribution in [-0.2, 0) is 9.53 Å². The second kappa shape index (κ2) is 5.66. The third-order valence-electron chi connectivity index (χ3n) is 3.13. The number of rotatable bonds is 4. The van der Waals surface area contributed by atoms with Crippen LogP contribution < -0.4 is 5.32 Å². The molecule has 3 aromatic rings. The normalized spacial score (nSPS) is 12.0. The van der Waals surface area contributed by atoms with Gasteiger partial charge in [-0.2, -0.15) is 4.98 Å². The smallest absolute Gasteiger partial charge is 0.333 e. The predicted octanol–water partition coefficient (Wildman–Crippen LogP) is 3.15. The van der Waals surface area contributed by atoms with E-state index < -0.39 is 12.0 Å². The molecule has 1 N–H and O–H groups in total. The van der Waals surface area contributed by atoms with Crippen LogP contribution in [0, 0.1) is 0 Å². The van der Waals surface area contributed by atoms with E-state index >= 15 is 0 Å². The van der Waals surface area contributed by atoms with Crippen molar-refractivity contribution in [2.75, 3.05) is 12.4 Å². The number of carbonyl (C=O) groups excluding carboxylic acids is 1. The summed E-state index contributed by atoms with van der Waals surface area (Å²) in [6.45, 7) is 0. The Hall–Kier alpha value is -2.82. The molecule has 0 amide bonds. The molecule has 0 spiro atoms. The fraction of sp³-hybridized carbons (Fsp3) is 0.125. The Morgan fingerprint density at radius 2 is 1.86 bits per heavy atom. The third-order valence-corrected chi connectivity index (χ3v) is 3.13. The van der Waals surface area contributed by atoms with E-state index in [9.17, 15) is 4.79 Å². The minimum absolute atomic E-state index is 0.287. The van der Waals surface area contributed by atoms with Gasteiger partial charge in [-0.3, -0.25) is 0 Å². The molecule has 1 unspecified atom stereocenters. The van der Waals surface area contributed by atoms with Crippen molar-refractivity contribution in [1.82, 2.24) is 4.98 Å². The van der Waals surface area contributed by atoms with Crippen molar-refractivity contribution >= 4 is 23.1 Å². The minimum Gasteiger partial charge on any atom is -0.467 e. The highest BCUT2D eigenvalue weighted by Crippen LogP contribution is 2.23. The highest BCUT2D eigenvalue weighted by molar-refractivity contribution is 5.81. The van der Waals surface area contributed by atoms with Crippen molar-refractivity contribution in [3.63, 3.8) is 0 Å². The number of benzene rings is 2. The Morgan fingerprint density at radius 1 is 1.14 bits per heavy atom. The Bertz CT molecular complexity index is 719. The summed E-state index contributed by atoms with van der Waals surface area (Å²) >= 11 is 0. The van der Waals surface area contributed by atoms with Crippen molar-refractivity contribution in [1.29, 1.82) is 0 Å². The first-order valence-corrected chi connectivity index (χ1v) is 6.53. The molecule has 0 aliphatic rings. The Morgan fingerprint density at radius 3 is 2.57 bits per heavy atom. The molecule has 0 bridgehead atoms. The van der Waals surface area contributed by atoms with Gasteiger partial charge >= 0.3 is 5.97 Å². The number of ether oxygens (including phenoxy) is 1. The average Bonchev–Trinajstić information content (AvgIpc) is 2.95. The van der Waals surface area contributed by atoms with Crippen LogP contribution in [0.15, 0.2) is 59.0 Å². The summed E-state index contributed by atoms with van der Waals surface area (Å²) in [5.74, 6) is -0.400. The highest BCUT2D eigenvalue weighted by Gasteiger charge is 2.23. The third kappa shape index (κ3) is 2.72. The number of anilines is 1. The number of fused-ring (bicyclic) bond motifs is 1. The van der Waals surface area contributed by atoms with Crippen LogP contribution in [0.1, 0.15) is 11.6 Å². The van der Waals surface area contributed by atoms with Gasteiger partial charge in [-0.05, 0) is 17.7 Å². The average molecular weight is 282 g/mol. The number of nitrogens with zero attached hydrogens (tertiary/aromatic N) is 1. The summed E-state index contributed by atoms with van der Waals surface area (Å²) in [5.41, 5.74) is 2.18. The number of oxazole rings is 1. The largest absolute Gasteiger partial charge is 0.467 e. The van der Waals surface area contributed by atoms with Gasteiger partial charge in [0, 0.05) is 0 Å². The zero-order valence-corrected chi connectivity index (χ0v) is 11.4. The summed E-state index contributed by atoms with van der Waals surface area (Å²) < 4.78 is 10.4. The number of carbonyl (C=O) groups is 1. The molecule has 0 fully saturated rings. The number of hydrogen-bond acceptors (Lipinski definition) is 5. The van der Waals surface area contributed by atoms with Gasteiger partial charge in [0.2, 0.25) is 0 Å². The standard InChI is InChI=1S/C16H14N2O3/c1-20-15(19)14(11-7-3-2-4-8-11)18-16-17-12-9-5-6-10-13(12)21-16/h2-10,14H,1H3,(H,17,18). The lowest BCUT2D eigenvalue weighted by Gasteiger charge is -2.15. The first-order chi connectivity index (χ1) is 10.3. The number of methoxy groups -OCH3 is 1. The molecule has 21 heavy (non-hydrogen) atoms. The summed E-state index contributed by atoms with van der Waals surface area (Å²) in [6.07, 6.45) is 0. The van der Waals surface area contributed by atoms with Crippen molar-refractivity contribution in [2.45, 2.75) is 6.04 Å². The van der Waals surface area contributed by atoms with Crippen molar-refractivity contribution in [2.24, 2.45) is 0 Å². The van der Waals surface area contributed by atoms with Crippen molar-refractivity contribution < 1.29 is 13.9 Å². The van der Waals surface area contributed by atoms with E-state index in [1.165, 1.54) is 7.11 Å². The Kier molecular flexibility index (Phi) is 3.55. The zero-order chi connectivity index (χ0) is 14.7. The van der Waals surface area contributed by atoms with Crippen LogP contribution in [0.3, 0.4) is 0 Å².